The Labute approximate surface area is 194 Å². The fourth-order valence-corrected chi connectivity index (χ4v) is 4.93. The molecule has 0 saturated heterocycles. The molecule has 0 aliphatic heterocycles. The van der Waals surface area contributed by atoms with E-state index in [2.05, 4.69) is 10.3 Å². The molecule has 0 spiro atoms. The third-order valence-corrected chi connectivity index (χ3v) is 7.14. The van der Waals surface area contributed by atoms with Gasteiger partial charge in [-0.05, 0) is 60.7 Å². The maximum Gasteiger partial charge on any atom is 0.227 e. The van der Waals surface area contributed by atoms with Gasteiger partial charge in [0.05, 0.1) is 16.3 Å². The number of thiazole rings is 1. The number of nitrogens with one attached hydrogen (secondary N) is 1. The largest absolute Gasteiger partial charge is 0.457 e. The number of hydrogen-bond acceptors (Lipinski definition) is 6. The summed E-state index contributed by atoms with van der Waals surface area (Å²) in [5, 5.41) is 4.81. The summed E-state index contributed by atoms with van der Waals surface area (Å²) in [6, 6.07) is 21.4. The van der Waals surface area contributed by atoms with Gasteiger partial charge in [-0.25, -0.2) is 17.8 Å². The molecule has 3 aromatic carbocycles. The number of ether oxygens (including phenoxy) is 1. The molecule has 168 valence electrons. The van der Waals surface area contributed by atoms with Crippen LogP contribution in [0.15, 0.2) is 89.1 Å². The van der Waals surface area contributed by atoms with E-state index in [1.165, 1.54) is 23.5 Å². The standard InChI is InChI=1S/C24H19FN2O4S2/c25-18-8-12-21(13-9-18)33(29,30)15-14-23(28)27-24-26-22(16-32-24)17-6-10-20(11-7-17)31-19-4-2-1-3-5-19/h1-13,16H,14-15H2,(H,26,27,28). The topological polar surface area (TPSA) is 85.4 Å². The molecule has 33 heavy (non-hydrogen) atoms. The molecule has 0 saturated carbocycles. The van der Waals surface area contributed by atoms with Crippen molar-refractivity contribution in [2.75, 3.05) is 11.1 Å². The summed E-state index contributed by atoms with van der Waals surface area (Å²) in [5.41, 5.74) is 1.53. The fourth-order valence-electron chi connectivity index (χ4n) is 2.95. The number of halogens is 1. The molecular formula is C24H19FN2O4S2. The average molecular weight is 483 g/mol. The van der Waals surface area contributed by atoms with Crippen molar-refractivity contribution in [3.8, 4) is 22.8 Å². The molecule has 6 nitrogen and oxygen atoms in total. The Morgan fingerprint density at radius 3 is 2.30 bits per heavy atom. The first-order valence-corrected chi connectivity index (χ1v) is 12.5. The van der Waals surface area contributed by atoms with Crippen molar-refractivity contribution in [3.63, 3.8) is 0 Å². The summed E-state index contributed by atoms with van der Waals surface area (Å²) in [6.07, 6.45) is -0.236. The van der Waals surface area contributed by atoms with E-state index < -0.39 is 21.6 Å². The van der Waals surface area contributed by atoms with Crippen molar-refractivity contribution in [1.29, 1.82) is 0 Å². The van der Waals surface area contributed by atoms with Gasteiger partial charge in [0.1, 0.15) is 17.3 Å². The predicted molar refractivity (Wildman–Crippen MR) is 126 cm³/mol. The van der Waals surface area contributed by atoms with Gasteiger partial charge in [-0.2, -0.15) is 0 Å². The number of nitrogens with zero attached hydrogens (tertiary/aromatic N) is 1. The Balaban J connectivity index is 1.33. The van der Waals surface area contributed by atoms with Gasteiger partial charge in [0.15, 0.2) is 15.0 Å². The van der Waals surface area contributed by atoms with Crippen LogP contribution in [0.4, 0.5) is 9.52 Å². The fraction of sp³-hybridized carbons (Fsp3) is 0.0833. The lowest BCUT2D eigenvalue weighted by molar-refractivity contribution is -0.115. The number of rotatable bonds is 8. The second kappa shape index (κ2) is 9.93. The van der Waals surface area contributed by atoms with Crippen LogP contribution in [0.25, 0.3) is 11.3 Å². The summed E-state index contributed by atoms with van der Waals surface area (Å²) >= 11 is 1.25. The number of sulfone groups is 1. The Morgan fingerprint density at radius 1 is 0.939 bits per heavy atom. The molecule has 0 unspecified atom stereocenters. The highest BCUT2D eigenvalue weighted by Crippen LogP contribution is 2.28. The zero-order chi connectivity index (χ0) is 23.3. The van der Waals surface area contributed by atoms with E-state index in [-0.39, 0.29) is 17.1 Å². The van der Waals surface area contributed by atoms with E-state index in [0.29, 0.717) is 16.6 Å². The normalized spacial score (nSPS) is 11.2. The predicted octanol–water partition coefficient (Wildman–Crippen LogP) is 5.54. The van der Waals surface area contributed by atoms with Crippen LogP contribution >= 0.6 is 11.3 Å². The second-order valence-corrected chi connectivity index (χ2v) is 10.0. The Morgan fingerprint density at radius 2 is 1.61 bits per heavy atom. The van der Waals surface area contributed by atoms with Crippen molar-refractivity contribution < 1.29 is 22.3 Å². The summed E-state index contributed by atoms with van der Waals surface area (Å²) < 4.78 is 43.4. The van der Waals surface area contributed by atoms with Gasteiger partial charge in [0.2, 0.25) is 5.91 Å². The summed E-state index contributed by atoms with van der Waals surface area (Å²) in [7, 11) is -3.69. The maximum atomic E-state index is 13.0. The second-order valence-electron chi connectivity index (χ2n) is 7.05. The first kappa shape index (κ1) is 22.6. The lowest BCUT2D eigenvalue weighted by Crippen LogP contribution is -2.17. The molecule has 4 rings (SSSR count). The van der Waals surface area contributed by atoms with Crippen LogP contribution in [-0.4, -0.2) is 25.1 Å². The number of anilines is 1. The van der Waals surface area contributed by atoms with Crippen LogP contribution in [0.2, 0.25) is 0 Å². The van der Waals surface area contributed by atoms with Gasteiger partial charge in [-0.1, -0.05) is 18.2 Å². The smallest absolute Gasteiger partial charge is 0.227 e. The van der Waals surface area contributed by atoms with Crippen LogP contribution in [0.3, 0.4) is 0 Å². The molecule has 9 heteroatoms. The SMILES string of the molecule is O=C(CCS(=O)(=O)c1ccc(F)cc1)Nc1nc(-c2ccc(Oc3ccccc3)cc2)cs1. The number of benzene rings is 3. The minimum absolute atomic E-state index is 0.0204. The van der Waals surface area contributed by atoms with Crippen molar-refractivity contribution in [2.45, 2.75) is 11.3 Å². The zero-order valence-electron chi connectivity index (χ0n) is 17.3. The van der Waals surface area contributed by atoms with Crippen molar-refractivity contribution in [2.24, 2.45) is 0 Å². The van der Waals surface area contributed by atoms with E-state index in [4.69, 9.17) is 4.74 Å². The van der Waals surface area contributed by atoms with Gasteiger partial charge in [0, 0.05) is 17.4 Å². The lowest BCUT2D eigenvalue weighted by Gasteiger charge is -2.06. The number of aromatic nitrogens is 1. The quantitative estimate of drug-likeness (QED) is 0.333. The summed E-state index contributed by atoms with van der Waals surface area (Å²) in [5.74, 6) is 0.0604. The molecule has 0 aliphatic rings. The molecule has 1 N–H and O–H groups in total. The number of amides is 1. The third kappa shape index (κ3) is 6.03. The van der Waals surface area contributed by atoms with Gasteiger partial charge >= 0.3 is 0 Å². The van der Waals surface area contributed by atoms with Gasteiger partial charge < -0.3 is 10.1 Å². The van der Waals surface area contributed by atoms with Gasteiger partial charge in [0.25, 0.3) is 0 Å². The molecular weight excluding hydrogens is 463 g/mol. The Bertz CT molecular complexity index is 1340. The number of hydrogen-bond donors (Lipinski definition) is 1. The Kier molecular flexibility index (Phi) is 6.81. The number of carbonyl (C=O) groups excluding carboxylic acids is 1. The first-order valence-electron chi connectivity index (χ1n) is 9.96. The zero-order valence-corrected chi connectivity index (χ0v) is 18.9. The average Bonchev–Trinajstić information content (AvgIpc) is 3.28. The van der Waals surface area contributed by atoms with E-state index in [9.17, 15) is 17.6 Å². The van der Waals surface area contributed by atoms with Crippen molar-refractivity contribution in [3.05, 3.63) is 90.1 Å². The van der Waals surface area contributed by atoms with Crippen LogP contribution in [0.5, 0.6) is 11.5 Å². The van der Waals surface area contributed by atoms with E-state index >= 15 is 0 Å². The monoisotopic (exact) mass is 482 g/mol. The van der Waals surface area contributed by atoms with Gasteiger partial charge in [-0.3, -0.25) is 4.79 Å². The highest BCUT2D eigenvalue weighted by molar-refractivity contribution is 7.91. The number of para-hydroxylation sites is 1. The molecule has 4 aromatic rings. The molecule has 1 amide bonds. The van der Waals surface area contributed by atoms with Gasteiger partial charge in [-0.15, -0.1) is 11.3 Å². The summed E-state index contributed by atoms with van der Waals surface area (Å²) in [4.78, 5) is 16.6. The number of carbonyl (C=O) groups is 1. The minimum Gasteiger partial charge on any atom is -0.457 e. The lowest BCUT2D eigenvalue weighted by atomic mass is 10.2. The van der Waals surface area contributed by atoms with Crippen LogP contribution in [0.1, 0.15) is 6.42 Å². The minimum atomic E-state index is -3.69. The molecule has 0 atom stereocenters. The molecule has 1 aromatic heterocycles. The third-order valence-electron chi connectivity index (χ3n) is 4.65. The van der Waals surface area contributed by atoms with E-state index in [1.54, 1.807) is 5.38 Å². The van der Waals surface area contributed by atoms with E-state index in [0.717, 1.165) is 23.4 Å². The summed E-state index contributed by atoms with van der Waals surface area (Å²) in [6.45, 7) is 0. The van der Waals surface area contributed by atoms with Crippen LogP contribution < -0.4 is 10.1 Å². The Hall–Kier alpha value is -3.56. The maximum absolute atomic E-state index is 13.0. The van der Waals surface area contributed by atoms with E-state index in [1.807, 2.05) is 54.6 Å². The van der Waals surface area contributed by atoms with Crippen molar-refractivity contribution in [1.82, 2.24) is 4.98 Å². The van der Waals surface area contributed by atoms with Crippen molar-refractivity contribution >= 4 is 32.2 Å². The highest BCUT2D eigenvalue weighted by Gasteiger charge is 2.17. The molecule has 0 bridgehead atoms. The molecule has 0 fully saturated rings. The first-order chi connectivity index (χ1) is 15.9. The highest BCUT2D eigenvalue weighted by atomic mass is 32.2. The molecule has 1 heterocycles. The molecule has 0 radical (unpaired) electrons. The van der Waals surface area contributed by atoms with Crippen LogP contribution in [0, 0.1) is 5.82 Å². The van der Waals surface area contributed by atoms with Crippen LogP contribution in [-0.2, 0) is 14.6 Å². The molecule has 0 aliphatic carbocycles.